The molecule has 4 rings (SSSR count). The third kappa shape index (κ3) is 5.41. The van der Waals surface area contributed by atoms with Gasteiger partial charge in [-0.3, -0.25) is 9.59 Å². The zero-order valence-corrected chi connectivity index (χ0v) is 18.8. The van der Waals surface area contributed by atoms with Gasteiger partial charge in [0.05, 0.1) is 18.9 Å². The zero-order chi connectivity index (χ0) is 24.9. The highest BCUT2D eigenvalue weighted by atomic mass is 19.1. The normalized spacial score (nSPS) is 16.3. The molecule has 11 heteroatoms. The number of hydrogen-bond acceptors (Lipinski definition) is 8. The molecule has 1 aromatic heterocycles. The Kier molecular flexibility index (Phi) is 6.97. The Morgan fingerprint density at radius 1 is 1.26 bits per heavy atom. The molecule has 2 aromatic carbocycles. The second kappa shape index (κ2) is 10.3. The molecule has 1 atom stereocenters. The van der Waals surface area contributed by atoms with Gasteiger partial charge in [0.1, 0.15) is 11.4 Å². The van der Waals surface area contributed by atoms with Crippen molar-refractivity contribution in [1.29, 1.82) is 0 Å². The Morgan fingerprint density at radius 3 is 2.74 bits per heavy atom. The molecule has 10 nitrogen and oxygen atoms in total. The summed E-state index contributed by atoms with van der Waals surface area (Å²) in [6, 6.07) is 10.2. The number of carbonyl (C=O) groups excluding carboxylic acids is 2. The van der Waals surface area contributed by atoms with Gasteiger partial charge in [0.25, 0.3) is 11.8 Å². The second-order valence-corrected chi connectivity index (χ2v) is 7.82. The molecule has 1 saturated heterocycles. The summed E-state index contributed by atoms with van der Waals surface area (Å²) in [5.74, 6) is -1.72. The number of halogens is 1. The summed E-state index contributed by atoms with van der Waals surface area (Å²) >= 11 is 0. The zero-order valence-electron chi connectivity index (χ0n) is 18.8. The van der Waals surface area contributed by atoms with Gasteiger partial charge in [0.2, 0.25) is 5.95 Å². The van der Waals surface area contributed by atoms with Crippen molar-refractivity contribution >= 4 is 23.5 Å². The minimum absolute atomic E-state index is 0.0148. The molecule has 2 heterocycles. The fraction of sp³-hybridized carbons (Fsp3) is 0.208. The van der Waals surface area contributed by atoms with Gasteiger partial charge in [-0.25, -0.2) is 19.4 Å². The lowest BCUT2D eigenvalue weighted by molar-refractivity contribution is 0.0940. The summed E-state index contributed by atoms with van der Waals surface area (Å²) in [5.41, 5.74) is 7.24. The molecule has 0 aliphatic carbocycles. The van der Waals surface area contributed by atoms with Crippen LogP contribution >= 0.6 is 0 Å². The number of aromatic hydroxyl groups is 1. The van der Waals surface area contributed by atoms with Crippen LogP contribution in [0.2, 0.25) is 0 Å². The smallest absolute Gasteiger partial charge is 0.277 e. The fourth-order valence-electron chi connectivity index (χ4n) is 3.65. The number of carbonyl (C=O) groups is 2. The van der Waals surface area contributed by atoms with Crippen LogP contribution in [-0.2, 0) is 6.42 Å². The Hall–Kier alpha value is -4.38. The van der Waals surface area contributed by atoms with E-state index >= 15 is 0 Å². The van der Waals surface area contributed by atoms with E-state index in [0.717, 1.165) is 0 Å². The van der Waals surface area contributed by atoms with E-state index in [-0.39, 0.29) is 35.1 Å². The largest absolute Gasteiger partial charge is 0.508 e. The van der Waals surface area contributed by atoms with Crippen LogP contribution in [0.25, 0.3) is 0 Å². The summed E-state index contributed by atoms with van der Waals surface area (Å²) in [4.78, 5) is 37.0. The molecule has 0 radical (unpaired) electrons. The number of methoxy groups -OCH3 is 1. The molecule has 1 aliphatic rings. The van der Waals surface area contributed by atoms with E-state index in [2.05, 4.69) is 25.6 Å². The fourth-order valence-corrected chi connectivity index (χ4v) is 3.65. The number of phenolic OH excluding ortho intramolecular Hbond substituents is 1. The van der Waals surface area contributed by atoms with Crippen LogP contribution in [0.1, 0.15) is 32.0 Å². The van der Waals surface area contributed by atoms with Gasteiger partial charge < -0.3 is 26.2 Å². The number of anilines is 1. The first-order valence-electron chi connectivity index (χ1n) is 10.7. The number of nitrogen functional groups attached to an aromatic ring is 1. The molecule has 2 amide bonds. The summed E-state index contributed by atoms with van der Waals surface area (Å²) < 4.78 is 19.5. The number of aromatic nitrogens is 2. The number of benzene rings is 2. The van der Waals surface area contributed by atoms with Gasteiger partial charge in [0, 0.05) is 36.8 Å². The second-order valence-electron chi connectivity index (χ2n) is 7.82. The Labute approximate surface area is 200 Å². The molecule has 5 N–H and O–H groups in total. The highest BCUT2D eigenvalue weighted by Crippen LogP contribution is 2.30. The van der Waals surface area contributed by atoms with Crippen LogP contribution in [-0.4, -0.2) is 58.8 Å². The molecular formula is C24H23FN6O4. The summed E-state index contributed by atoms with van der Waals surface area (Å²) in [7, 11) is 1.35. The number of ether oxygens (including phenoxy) is 1. The monoisotopic (exact) mass is 478 g/mol. The number of nitrogens with one attached hydrogen (secondary N) is 2. The maximum Gasteiger partial charge on any atom is 0.277 e. The van der Waals surface area contributed by atoms with Crippen LogP contribution in [0.4, 0.5) is 10.3 Å². The number of amides is 2. The Morgan fingerprint density at radius 2 is 2.03 bits per heavy atom. The van der Waals surface area contributed by atoms with E-state index in [1.165, 1.54) is 31.5 Å². The molecule has 180 valence electrons. The third-order valence-electron chi connectivity index (χ3n) is 5.50. The van der Waals surface area contributed by atoms with Crippen molar-refractivity contribution in [2.24, 2.45) is 4.99 Å². The van der Waals surface area contributed by atoms with Crippen LogP contribution in [0.3, 0.4) is 0 Å². The van der Waals surface area contributed by atoms with Crippen molar-refractivity contribution in [3.05, 3.63) is 76.9 Å². The van der Waals surface area contributed by atoms with E-state index in [1.54, 1.807) is 24.3 Å². The van der Waals surface area contributed by atoms with Crippen molar-refractivity contribution in [2.75, 3.05) is 25.9 Å². The van der Waals surface area contributed by atoms with Crippen molar-refractivity contribution in [3.8, 4) is 11.5 Å². The average Bonchev–Trinajstić information content (AvgIpc) is 3.28. The predicted octanol–water partition coefficient (Wildman–Crippen LogP) is 1.49. The highest BCUT2D eigenvalue weighted by Gasteiger charge is 2.26. The molecule has 1 fully saturated rings. The Balaban J connectivity index is 1.45. The van der Waals surface area contributed by atoms with Gasteiger partial charge in [-0.1, -0.05) is 12.1 Å². The van der Waals surface area contributed by atoms with Crippen LogP contribution in [0.5, 0.6) is 11.5 Å². The minimum atomic E-state index is -0.634. The molecule has 3 aromatic rings. The first-order valence-corrected chi connectivity index (χ1v) is 10.7. The first-order chi connectivity index (χ1) is 16.9. The number of nitrogens with zero attached hydrogens (tertiary/aromatic N) is 3. The molecular weight excluding hydrogens is 455 g/mol. The average molecular weight is 478 g/mol. The summed E-state index contributed by atoms with van der Waals surface area (Å²) in [6.45, 7) is 0.752. The lowest BCUT2D eigenvalue weighted by atomic mass is 10.0. The van der Waals surface area contributed by atoms with E-state index in [1.807, 2.05) is 0 Å². The molecule has 0 unspecified atom stereocenters. The molecule has 35 heavy (non-hydrogen) atoms. The first kappa shape index (κ1) is 23.8. The van der Waals surface area contributed by atoms with Gasteiger partial charge >= 0.3 is 0 Å². The van der Waals surface area contributed by atoms with Gasteiger partial charge in [-0.15, -0.1) is 0 Å². The Bertz CT molecular complexity index is 1300. The predicted molar refractivity (Wildman–Crippen MR) is 126 cm³/mol. The molecule has 0 saturated carbocycles. The summed E-state index contributed by atoms with van der Waals surface area (Å²) in [6.07, 6.45) is 1.50. The van der Waals surface area contributed by atoms with E-state index < -0.39 is 23.7 Å². The minimum Gasteiger partial charge on any atom is -0.508 e. The van der Waals surface area contributed by atoms with Crippen LogP contribution < -0.4 is 21.1 Å². The van der Waals surface area contributed by atoms with E-state index in [0.29, 0.717) is 29.9 Å². The van der Waals surface area contributed by atoms with Crippen LogP contribution in [0, 0.1) is 5.82 Å². The standard InChI is InChI=1S/C24H23FN6O4/c1-35-20-7-6-19(32)15(21(20)25)10-13-2-4-14(5-3-13)22(33)29-17-11-27-12-18(17)30-23(34)16-8-9-28-24(26)31-16/h2-9,18,27,32H,10-12H2,1H3,(H,30,34)(H2,26,28,31)/t18-/m1/s1. The molecule has 0 bridgehead atoms. The number of hydrogen-bond donors (Lipinski definition) is 4. The van der Waals surface area contributed by atoms with Crippen LogP contribution in [0.15, 0.2) is 53.7 Å². The maximum atomic E-state index is 14.5. The van der Waals surface area contributed by atoms with Crippen molar-refractivity contribution in [3.63, 3.8) is 0 Å². The SMILES string of the molecule is COc1ccc(O)c(Cc2ccc(C(=O)N=C3CNC[C@H]3NC(=O)c3ccnc(N)n3)cc2)c1F. The summed E-state index contributed by atoms with van der Waals surface area (Å²) in [5, 5.41) is 15.9. The van der Waals surface area contributed by atoms with E-state index in [9.17, 15) is 19.1 Å². The van der Waals surface area contributed by atoms with Crippen molar-refractivity contribution in [2.45, 2.75) is 12.5 Å². The van der Waals surface area contributed by atoms with E-state index in [4.69, 9.17) is 10.5 Å². The lowest BCUT2D eigenvalue weighted by Gasteiger charge is -2.12. The van der Waals surface area contributed by atoms with Crippen molar-refractivity contribution in [1.82, 2.24) is 20.6 Å². The molecule has 1 aliphatic heterocycles. The van der Waals surface area contributed by atoms with Gasteiger partial charge in [-0.05, 0) is 35.9 Å². The van der Waals surface area contributed by atoms with Gasteiger partial charge in [0.15, 0.2) is 11.6 Å². The lowest BCUT2D eigenvalue weighted by Crippen LogP contribution is -2.41. The number of rotatable bonds is 6. The quantitative estimate of drug-likeness (QED) is 0.416. The number of nitrogens with two attached hydrogens (primary N) is 1. The maximum absolute atomic E-state index is 14.5. The van der Waals surface area contributed by atoms with Gasteiger partial charge in [-0.2, -0.15) is 0 Å². The van der Waals surface area contributed by atoms with Crippen molar-refractivity contribution < 1.29 is 23.8 Å². The third-order valence-corrected chi connectivity index (χ3v) is 5.50. The number of phenols is 1. The topological polar surface area (TPSA) is 152 Å². The molecule has 0 spiro atoms. The highest BCUT2D eigenvalue weighted by molar-refractivity contribution is 6.08. The number of aliphatic imine (C=N–C) groups is 1.